The molecule has 10 N–H and O–H groups in total. The SMILES string of the molecule is CCC(N)(N)OC(N)(N)CC.OCCOCCO. The lowest BCUT2D eigenvalue weighted by Crippen LogP contribution is -2.63. The molecule has 0 saturated carbocycles. The summed E-state index contributed by atoms with van der Waals surface area (Å²) in [6.07, 6.45) is 0.923. The number of hydrogen-bond donors (Lipinski definition) is 6. The maximum absolute atomic E-state index is 8.09. The first-order valence-corrected chi connectivity index (χ1v) is 5.89. The highest BCUT2D eigenvalue weighted by molar-refractivity contribution is 4.69. The molecule has 0 fully saturated rings. The molecule has 0 heterocycles. The molecule has 0 radical (unpaired) electrons. The van der Waals surface area contributed by atoms with E-state index in [-0.39, 0.29) is 13.2 Å². The highest BCUT2D eigenvalue weighted by atomic mass is 16.6. The van der Waals surface area contributed by atoms with Crippen molar-refractivity contribution in [1.29, 1.82) is 0 Å². The van der Waals surface area contributed by atoms with Crippen LogP contribution in [0.1, 0.15) is 26.7 Å². The molecule has 18 heavy (non-hydrogen) atoms. The maximum Gasteiger partial charge on any atom is 0.173 e. The fourth-order valence-electron chi connectivity index (χ4n) is 0.729. The molecule has 0 unspecified atom stereocenters. The second kappa shape index (κ2) is 10.6. The third-order valence-electron chi connectivity index (χ3n) is 1.96. The predicted octanol–water partition coefficient (Wildman–Crippen LogP) is -2.05. The van der Waals surface area contributed by atoms with Crippen molar-refractivity contribution in [2.45, 2.75) is 38.4 Å². The molecule has 8 nitrogen and oxygen atoms in total. The van der Waals surface area contributed by atoms with Gasteiger partial charge in [0, 0.05) is 12.8 Å². The van der Waals surface area contributed by atoms with Crippen molar-refractivity contribution in [3.8, 4) is 0 Å². The Morgan fingerprint density at radius 2 is 1.17 bits per heavy atom. The van der Waals surface area contributed by atoms with Crippen LogP contribution in [0.15, 0.2) is 0 Å². The molecule has 0 rings (SSSR count). The molecule has 0 aliphatic heterocycles. The summed E-state index contributed by atoms with van der Waals surface area (Å²) in [7, 11) is 0. The zero-order valence-electron chi connectivity index (χ0n) is 11.3. The Labute approximate surface area is 108 Å². The molecular formula is C10H28N4O4. The Balaban J connectivity index is 0. The van der Waals surface area contributed by atoms with Crippen LogP contribution < -0.4 is 22.9 Å². The molecular weight excluding hydrogens is 240 g/mol. The van der Waals surface area contributed by atoms with Gasteiger partial charge in [0.2, 0.25) is 0 Å². The van der Waals surface area contributed by atoms with Crippen LogP contribution in [-0.2, 0) is 9.47 Å². The summed E-state index contributed by atoms with van der Waals surface area (Å²) >= 11 is 0. The van der Waals surface area contributed by atoms with Crippen LogP contribution >= 0.6 is 0 Å². The normalized spacial score (nSPS) is 12.0. The largest absolute Gasteiger partial charge is 0.394 e. The number of aliphatic hydroxyl groups is 2. The number of hydrogen-bond acceptors (Lipinski definition) is 8. The van der Waals surface area contributed by atoms with E-state index in [1.807, 2.05) is 0 Å². The summed E-state index contributed by atoms with van der Waals surface area (Å²) in [5.74, 6) is -2.45. The Morgan fingerprint density at radius 3 is 1.39 bits per heavy atom. The molecule has 112 valence electrons. The van der Waals surface area contributed by atoms with Gasteiger partial charge in [-0.2, -0.15) is 0 Å². The van der Waals surface area contributed by atoms with Crippen molar-refractivity contribution in [2.75, 3.05) is 26.4 Å². The lowest BCUT2D eigenvalue weighted by Gasteiger charge is -2.33. The van der Waals surface area contributed by atoms with Crippen molar-refractivity contribution >= 4 is 0 Å². The maximum atomic E-state index is 8.09. The van der Waals surface area contributed by atoms with E-state index in [2.05, 4.69) is 4.74 Å². The molecule has 0 aliphatic carbocycles. The summed E-state index contributed by atoms with van der Waals surface area (Å²) in [5.41, 5.74) is 21.9. The van der Waals surface area contributed by atoms with Gasteiger partial charge in [-0.1, -0.05) is 13.8 Å². The summed E-state index contributed by atoms with van der Waals surface area (Å²) in [5, 5.41) is 16.2. The highest BCUT2D eigenvalue weighted by Gasteiger charge is 2.28. The van der Waals surface area contributed by atoms with E-state index in [9.17, 15) is 0 Å². The van der Waals surface area contributed by atoms with Crippen molar-refractivity contribution in [3.63, 3.8) is 0 Å². The minimum atomic E-state index is -1.22. The van der Waals surface area contributed by atoms with Crippen molar-refractivity contribution in [1.82, 2.24) is 0 Å². The Morgan fingerprint density at radius 1 is 0.833 bits per heavy atom. The van der Waals surface area contributed by atoms with E-state index in [1.165, 1.54) is 0 Å². The summed E-state index contributed by atoms with van der Waals surface area (Å²) in [4.78, 5) is 0. The monoisotopic (exact) mass is 268 g/mol. The molecule has 0 atom stereocenters. The predicted molar refractivity (Wildman–Crippen MR) is 68.9 cm³/mol. The van der Waals surface area contributed by atoms with E-state index in [4.69, 9.17) is 37.9 Å². The Kier molecular flexibility index (Phi) is 11.8. The fourth-order valence-corrected chi connectivity index (χ4v) is 0.729. The van der Waals surface area contributed by atoms with Gasteiger partial charge in [-0.3, -0.25) is 22.9 Å². The van der Waals surface area contributed by atoms with Crippen molar-refractivity contribution in [2.24, 2.45) is 22.9 Å². The average molecular weight is 268 g/mol. The number of aliphatic hydroxyl groups excluding tert-OH is 2. The van der Waals surface area contributed by atoms with Gasteiger partial charge in [-0.15, -0.1) is 0 Å². The molecule has 0 aliphatic rings. The molecule has 0 bridgehead atoms. The zero-order valence-corrected chi connectivity index (χ0v) is 11.3. The minimum absolute atomic E-state index is 0.0278. The van der Waals surface area contributed by atoms with E-state index in [0.29, 0.717) is 26.1 Å². The van der Waals surface area contributed by atoms with Crippen molar-refractivity contribution < 1.29 is 19.7 Å². The lowest BCUT2D eigenvalue weighted by atomic mass is 10.3. The molecule has 0 saturated heterocycles. The molecule has 8 heteroatoms. The topological polar surface area (TPSA) is 163 Å². The number of ether oxygens (including phenoxy) is 2. The number of nitrogens with two attached hydrogens (primary N) is 4. The van der Waals surface area contributed by atoms with Crippen LogP contribution in [0.25, 0.3) is 0 Å². The van der Waals surface area contributed by atoms with Gasteiger partial charge in [0.05, 0.1) is 26.4 Å². The van der Waals surface area contributed by atoms with Gasteiger partial charge in [0.15, 0.2) is 11.7 Å². The van der Waals surface area contributed by atoms with E-state index in [0.717, 1.165) is 0 Å². The van der Waals surface area contributed by atoms with Crippen LogP contribution in [0.3, 0.4) is 0 Å². The standard InChI is InChI=1S/C6H18N4O.C4H10O3/c1-3-5(7,8)11-6(9,10)4-2;5-1-3-7-4-2-6/h3-4,7-10H2,1-2H3;5-6H,1-4H2. The van der Waals surface area contributed by atoms with Crippen LogP contribution in [0.2, 0.25) is 0 Å². The highest BCUT2D eigenvalue weighted by Crippen LogP contribution is 2.08. The summed E-state index contributed by atoms with van der Waals surface area (Å²) in [6.45, 7) is 4.29. The third kappa shape index (κ3) is 13.7. The van der Waals surface area contributed by atoms with Crippen molar-refractivity contribution in [3.05, 3.63) is 0 Å². The van der Waals surface area contributed by atoms with Crippen LogP contribution in [-0.4, -0.2) is 48.3 Å². The minimum Gasteiger partial charge on any atom is -0.394 e. The first kappa shape index (κ1) is 20.0. The summed E-state index contributed by atoms with van der Waals surface area (Å²) < 4.78 is 9.67. The number of rotatable bonds is 8. The van der Waals surface area contributed by atoms with Gasteiger partial charge >= 0.3 is 0 Å². The fraction of sp³-hybridized carbons (Fsp3) is 1.00. The lowest BCUT2D eigenvalue weighted by molar-refractivity contribution is -0.151. The van der Waals surface area contributed by atoms with Gasteiger partial charge in [0.25, 0.3) is 0 Å². The van der Waals surface area contributed by atoms with Crippen LogP contribution in [0.5, 0.6) is 0 Å². The molecule has 0 aromatic heterocycles. The van der Waals surface area contributed by atoms with Gasteiger partial charge in [0.1, 0.15) is 0 Å². The molecule has 0 spiro atoms. The van der Waals surface area contributed by atoms with E-state index in [1.54, 1.807) is 13.8 Å². The smallest absolute Gasteiger partial charge is 0.173 e. The average Bonchev–Trinajstić information content (AvgIpc) is 2.29. The first-order valence-electron chi connectivity index (χ1n) is 5.89. The Hall–Kier alpha value is -0.320. The third-order valence-corrected chi connectivity index (χ3v) is 1.96. The second-order valence-electron chi connectivity index (χ2n) is 3.78. The first-order chi connectivity index (χ1) is 8.24. The van der Waals surface area contributed by atoms with E-state index < -0.39 is 11.7 Å². The molecule has 0 aromatic carbocycles. The molecule has 0 aromatic rings. The van der Waals surface area contributed by atoms with Crippen LogP contribution in [0, 0.1) is 0 Å². The van der Waals surface area contributed by atoms with Gasteiger partial charge < -0.3 is 19.7 Å². The molecule has 0 amide bonds. The second-order valence-corrected chi connectivity index (χ2v) is 3.78. The van der Waals surface area contributed by atoms with Gasteiger partial charge in [-0.25, -0.2) is 0 Å². The quantitative estimate of drug-likeness (QED) is 0.216. The van der Waals surface area contributed by atoms with E-state index >= 15 is 0 Å². The van der Waals surface area contributed by atoms with Gasteiger partial charge in [-0.05, 0) is 0 Å². The summed E-state index contributed by atoms with van der Waals surface area (Å²) in [6, 6.07) is 0. The zero-order chi connectivity index (χ0) is 14.7. The van der Waals surface area contributed by atoms with Crippen LogP contribution in [0.4, 0.5) is 0 Å². The Bertz CT molecular complexity index is 173.